The number of nitrogens with zero attached hydrogens (tertiary/aromatic N) is 2. The Labute approximate surface area is 124 Å². The summed E-state index contributed by atoms with van der Waals surface area (Å²) in [5.41, 5.74) is 5.03. The number of morpholine rings is 1. The first-order valence-electron chi connectivity index (χ1n) is 7.56. The molecule has 0 atom stereocenters. The number of pyridine rings is 1. The van der Waals surface area contributed by atoms with Crippen molar-refractivity contribution in [1.29, 1.82) is 0 Å². The molecule has 0 aliphatic carbocycles. The topological polar surface area (TPSA) is 37.4 Å². The fourth-order valence-electron chi connectivity index (χ4n) is 3.02. The van der Waals surface area contributed by atoms with Crippen LogP contribution in [-0.2, 0) is 11.2 Å². The Hall–Kier alpha value is -2.07. The molecule has 4 nitrogen and oxygen atoms in total. The number of ether oxygens (including phenoxy) is 1. The number of anilines is 2. The average Bonchev–Trinajstić information content (AvgIpc) is 3.03. The number of benzene rings is 1. The first kappa shape index (κ1) is 12.7. The van der Waals surface area contributed by atoms with Gasteiger partial charge in [0.15, 0.2) is 0 Å². The van der Waals surface area contributed by atoms with Gasteiger partial charge in [-0.05, 0) is 35.7 Å². The molecule has 21 heavy (non-hydrogen) atoms. The maximum absolute atomic E-state index is 5.40. The summed E-state index contributed by atoms with van der Waals surface area (Å²) in [6.45, 7) is 4.60. The van der Waals surface area contributed by atoms with E-state index in [1.807, 2.05) is 6.20 Å². The van der Waals surface area contributed by atoms with E-state index in [9.17, 15) is 0 Å². The Morgan fingerprint density at radius 2 is 1.86 bits per heavy atom. The second-order valence-electron chi connectivity index (χ2n) is 5.55. The van der Waals surface area contributed by atoms with Crippen LogP contribution in [0.3, 0.4) is 0 Å². The van der Waals surface area contributed by atoms with Gasteiger partial charge in [0.2, 0.25) is 0 Å². The monoisotopic (exact) mass is 281 g/mol. The molecule has 2 aromatic rings. The van der Waals surface area contributed by atoms with Crippen LogP contribution in [0.15, 0.2) is 36.5 Å². The van der Waals surface area contributed by atoms with Gasteiger partial charge in [0, 0.05) is 37.1 Å². The second kappa shape index (κ2) is 5.37. The smallest absolute Gasteiger partial charge is 0.129 e. The highest BCUT2D eigenvalue weighted by atomic mass is 16.5. The largest absolute Gasteiger partial charge is 0.378 e. The highest BCUT2D eigenvalue weighted by Gasteiger charge is 2.13. The zero-order valence-corrected chi connectivity index (χ0v) is 12.0. The summed E-state index contributed by atoms with van der Waals surface area (Å²) < 4.78 is 5.40. The van der Waals surface area contributed by atoms with Gasteiger partial charge in [0.25, 0.3) is 0 Å². The minimum atomic E-state index is 0.823. The minimum absolute atomic E-state index is 0.823. The molecule has 1 fully saturated rings. The van der Waals surface area contributed by atoms with Gasteiger partial charge in [-0.1, -0.05) is 12.1 Å². The normalized spacial score (nSPS) is 17.4. The lowest BCUT2D eigenvalue weighted by Crippen LogP contribution is -2.36. The molecule has 0 bridgehead atoms. The number of hydrogen-bond acceptors (Lipinski definition) is 4. The van der Waals surface area contributed by atoms with E-state index < -0.39 is 0 Å². The van der Waals surface area contributed by atoms with Crippen LogP contribution in [0.2, 0.25) is 0 Å². The third-order valence-electron chi connectivity index (χ3n) is 4.23. The summed E-state index contributed by atoms with van der Waals surface area (Å²) in [5, 5.41) is 3.30. The zero-order chi connectivity index (χ0) is 14.1. The quantitative estimate of drug-likeness (QED) is 0.918. The average molecular weight is 281 g/mol. The summed E-state index contributed by atoms with van der Waals surface area (Å²) >= 11 is 0. The third kappa shape index (κ3) is 2.47. The number of fused-ring (bicyclic) bond motifs is 1. The van der Waals surface area contributed by atoms with Crippen LogP contribution in [0.4, 0.5) is 11.5 Å². The molecule has 0 radical (unpaired) electrons. The van der Waals surface area contributed by atoms with E-state index in [0.29, 0.717) is 0 Å². The van der Waals surface area contributed by atoms with Gasteiger partial charge in [-0.15, -0.1) is 0 Å². The number of aromatic nitrogens is 1. The second-order valence-corrected chi connectivity index (χ2v) is 5.55. The lowest BCUT2D eigenvalue weighted by Gasteiger charge is -2.28. The molecule has 1 saturated heterocycles. The Morgan fingerprint density at radius 1 is 1.05 bits per heavy atom. The van der Waals surface area contributed by atoms with Crippen LogP contribution in [0.1, 0.15) is 5.56 Å². The summed E-state index contributed by atoms with van der Waals surface area (Å²) in [6.07, 6.45) is 3.03. The minimum Gasteiger partial charge on any atom is -0.378 e. The SMILES string of the molecule is c1cc(N2CCOCC2)ccc1-c1cnc2c(c1)CCN2. The van der Waals surface area contributed by atoms with Crippen LogP contribution in [0, 0.1) is 0 Å². The van der Waals surface area contributed by atoms with E-state index in [1.165, 1.54) is 22.4 Å². The molecule has 0 spiro atoms. The first-order chi connectivity index (χ1) is 10.4. The Bertz CT molecular complexity index is 633. The molecule has 3 heterocycles. The molecule has 1 aromatic carbocycles. The van der Waals surface area contributed by atoms with Gasteiger partial charge in [-0.3, -0.25) is 0 Å². The van der Waals surface area contributed by atoms with Gasteiger partial charge in [0.05, 0.1) is 13.2 Å². The van der Waals surface area contributed by atoms with Crippen molar-refractivity contribution in [3.63, 3.8) is 0 Å². The summed E-state index contributed by atoms with van der Waals surface area (Å²) in [6, 6.07) is 11.0. The third-order valence-corrected chi connectivity index (χ3v) is 4.23. The van der Waals surface area contributed by atoms with Gasteiger partial charge >= 0.3 is 0 Å². The van der Waals surface area contributed by atoms with Gasteiger partial charge in [-0.2, -0.15) is 0 Å². The van der Waals surface area contributed by atoms with Crippen molar-refractivity contribution in [3.05, 3.63) is 42.1 Å². The standard InChI is InChI=1S/C17H19N3O/c1-3-16(20-7-9-21-10-8-20)4-2-13(1)15-11-14-5-6-18-17(14)19-12-15/h1-4,11-12H,5-10H2,(H,18,19). The highest BCUT2D eigenvalue weighted by molar-refractivity contribution is 5.68. The van der Waals surface area contributed by atoms with E-state index >= 15 is 0 Å². The predicted molar refractivity (Wildman–Crippen MR) is 84.9 cm³/mol. The molecule has 1 aromatic heterocycles. The highest BCUT2D eigenvalue weighted by Crippen LogP contribution is 2.28. The molecule has 4 heteroatoms. The van der Waals surface area contributed by atoms with E-state index in [4.69, 9.17) is 4.74 Å². The lowest BCUT2D eigenvalue weighted by molar-refractivity contribution is 0.122. The van der Waals surface area contributed by atoms with Gasteiger partial charge in [0.1, 0.15) is 5.82 Å². The molecule has 1 N–H and O–H groups in total. The molecule has 4 rings (SSSR count). The molecular formula is C17H19N3O. The Morgan fingerprint density at radius 3 is 2.67 bits per heavy atom. The molecule has 0 unspecified atom stereocenters. The maximum Gasteiger partial charge on any atom is 0.129 e. The molecule has 0 saturated carbocycles. The van der Waals surface area contributed by atoms with E-state index in [0.717, 1.165) is 45.1 Å². The van der Waals surface area contributed by atoms with Crippen molar-refractivity contribution < 1.29 is 4.74 Å². The van der Waals surface area contributed by atoms with Crippen molar-refractivity contribution in [1.82, 2.24) is 4.98 Å². The summed E-state index contributed by atoms with van der Waals surface area (Å²) in [7, 11) is 0. The molecule has 108 valence electrons. The molecule has 0 amide bonds. The predicted octanol–water partition coefficient (Wildman–Crippen LogP) is 2.55. The summed E-state index contributed by atoms with van der Waals surface area (Å²) in [5.74, 6) is 1.05. The zero-order valence-electron chi connectivity index (χ0n) is 12.0. The Kier molecular flexibility index (Phi) is 3.24. The van der Waals surface area contributed by atoms with Crippen LogP contribution >= 0.6 is 0 Å². The van der Waals surface area contributed by atoms with Crippen molar-refractivity contribution in [2.24, 2.45) is 0 Å². The Balaban J connectivity index is 1.58. The van der Waals surface area contributed by atoms with Gasteiger partial charge in [-0.25, -0.2) is 4.98 Å². The van der Waals surface area contributed by atoms with E-state index in [2.05, 4.69) is 45.5 Å². The number of nitrogens with one attached hydrogen (secondary N) is 1. The fraction of sp³-hybridized carbons (Fsp3) is 0.353. The van der Waals surface area contributed by atoms with Crippen molar-refractivity contribution in [3.8, 4) is 11.1 Å². The molecule has 2 aliphatic rings. The van der Waals surface area contributed by atoms with Crippen molar-refractivity contribution in [2.45, 2.75) is 6.42 Å². The van der Waals surface area contributed by atoms with E-state index in [-0.39, 0.29) is 0 Å². The van der Waals surface area contributed by atoms with Crippen molar-refractivity contribution in [2.75, 3.05) is 43.1 Å². The molecular weight excluding hydrogens is 262 g/mol. The van der Waals surface area contributed by atoms with Crippen LogP contribution < -0.4 is 10.2 Å². The number of hydrogen-bond donors (Lipinski definition) is 1. The molecule has 2 aliphatic heterocycles. The first-order valence-corrected chi connectivity index (χ1v) is 7.56. The summed E-state index contributed by atoms with van der Waals surface area (Å²) in [4.78, 5) is 6.88. The van der Waals surface area contributed by atoms with Crippen molar-refractivity contribution >= 4 is 11.5 Å². The number of rotatable bonds is 2. The van der Waals surface area contributed by atoms with Crippen LogP contribution in [0.25, 0.3) is 11.1 Å². The van der Waals surface area contributed by atoms with Crippen LogP contribution in [-0.4, -0.2) is 37.8 Å². The fourth-order valence-corrected chi connectivity index (χ4v) is 3.02. The lowest BCUT2D eigenvalue weighted by atomic mass is 10.0. The van der Waals surface area contributed by atoms with E-state index in [1.54, 1.807) is 0 Å². The van der Waals surface area contributed by atoms with Crippen LogP contribution in [0.5, 0.6) is 0 Å². The maximum atomic E-state index is 5.40. The van der Waals surface area contributed by atoms with Gasteiger partial charge < -0.3 is 15.0 Å².